The molecule has 0 amide bonds. The topological polar surface area (TPSA) is 9.86 Å². The van der Waals surface area contributed by atoms with Crippen LogP contribution in [0.5, 0.6) is 0 Å². The average molecular weight is 667 g/mol. The SMILES string of the molecule is c1ccc(-c2ccccc2-n2c3ccccc3c3c4sc5c(-c6ccc7c8ccccc8n(-c8ccccc8)c7c6)cccc5c4ccc32)cc1. The molecule has 0 saturated heterocycles. The molecule has 11 aromatic rings. The highest BCUT2D eigenvalue weighted by Crippen LogP contribution is 2.47. The Balaban J connectivity index is 1.18. The van der Waals surface area contributed by atoms with Crippen molar-refractivity contribution in [2.45, 2.75) is 0 Å². The summed E-state index contributed by atoms with van der Waals surface area (Å²) in [5, 5.41) is 7.76. The maximum absolute atomic E-state index is 2.47. The van der Waals surface area contributed by atoms with Crippen LogP contribution in [0.2, 0.25) is 0 Å². The molecule has 3 aromatic heterocycles. The van der Waals surface area contributed by atoms with Crippen LogP contribution >= 0.6 is 11.3 Å². The van der Waals surface area contributed by atoms with E-state index in [2.05, 4.69) is 191 Å². The van der Waals surface area contributed by atoms with Crippen molar-refractivity contribution in [1.29, 1.82) is 0 Å². The number of rotatable bonds is 4. The number of thiophene rings is 1. The van der Waals surface area contributed by atoms with Crippen LogP contribution in [0.25, 0.3) is 97.4 Å². The first-order chi connectivity index (χ1) is 25.3. The summed E-state index contributed by atoms with van der Waals surface area (Å²) in [4.78, 5) is 0. The lowest BCUT2D eigenvalue weighted by Crippen LogP contribution is -1.96. The Labute approximate surface area is 298 Å². The maximum Gasteiger partial charge on any atom is 0.0556 e. The molecule has 0 aliphatic rings. The van der Waals surface area contributed by atoms with Crippen molar-refractivity contribution in [3.05, 3.63) is 182 Å². The van der Waals surface area contributed by atoms with Gasteiger partial charge in [-0.1, -0.05) is 140 Å². The highest BCUT2D eigenvalue weighted by Gasteiger charge is 2.21. The molecule has 0 aliphatic carbocycles. The molecule has 51 heavy (non-hydrogen) atoms. The first kappa shape index (κ1) is 28.4. The fourth-order valence-electron chi connectivity index (χ4n) is 8.32. The molecular formula is C48H30N2S. The average Bonchev–Trinajstić information content (AvgIpc) is 3.86. The Morgan fingerprint density at radius 1 is 0.333 bits per heavy atom. The minimum absolute atomic E-state index is 1.17. The monoisotopic (exact) mass is 666 g/mol. The second-order valence-corrected chi connectivity index (χ2v) is 14.3. The van der Waals surface area contributed by atoms with Crippen molar-refractivity contribution in [2.75, 3.05) is 0 Å². The highest BCUT2D eigenvalue weighted by molar-refractivity contribution is 7.27. The molecule has 0 aliphatic heterocycles. The number of aromatic nitrogens is 2. The zero-order valence-electron chi connectivity index (χ0n) is 27.6. The lowest BCUT2D eigenvalue weighted by atomic mass is 10.0. The van der Waals surface area contributed by atoms with Crippen LogP contribution in [0.15, 0.2) is 182 Å². The third-order valence-electron chi connectivity index (χ3n) is 10.5. The molecule has 0 bridgehead atoms. The summed E-state index contributed by atoms with van der Waals surface area (Å²) in [5.41, 5.74) is 12.2. The Morgan fingerprint density at radius 3 is 1.78 bits per heavy atom. The number of hydrogen-bond donors (Lipinski definition) is 0. The highest BCUT2D eigenvalue weighted by atomic mass is 32.1. The van der Waals surface area contributed by atoms with E-state index in [0.717, 1.165) is 0 Å². The van der Waals surface area contributed by atoms with E-state index in [9.17, 15) is 0 Å². The number of nitrogens with zero attached hydrogens (tertiary/aromatic N) is 2. The van der Waals surface area contributed by atoms with E-state index < -0.39 is 0 Å². The van der Waals surface area contributed by atoms with Crippen molar-refractivity contribution >= 4 is 75.1 Å². The van der Waals surface area contributed by atoms with Gasteiger partial charge < -0.3 is 9.13 Å². The summed E-state index contributed by atoms with van der Waals surface area (Å²) >= 11 is 1.93. The zero-order chi connectivity index (χ0) is 33.5. The Kier molecular flexibility index (Phi) is 6.16. The molecule has 0 N–H and O–H groups in total. The van der Waals surface area contributed by atoms with Gasteiger partial charge in [0.25, 0.3) is 0 Å². The predicted octanol–water partition coefficient (Wildman–Crippen LogP) is 13.6. The van der Waals surface area contributed by atoms with Crippen molar-refractivity contribution in [3.63, 3.8) is 0 Å². The molecule has 2 nitrogen and oxygen atoms in total. The molecule has 0 saturated carbocycles. The lowest BCUT2D eigenvalue weighted by Gasteiger charge is -2.14. The number of para-hydroxylation sites is 4. The third-order valence-corrected chi connectivity index (χ3v) is 11.8. The van der Waals surface area contributed by atoms with E-state index in [0.29, 0.717) is 0 Å². The number of benzene rings is 8. The van der Waals surface area contributed by atoms with Gasteiger partial charge in [-0.3, -0.25) is 0 Å². The van der Waals surface area contributed by atoms with Crippen molar-refractivity contribution in [3.8, 4) is 33.6 Å². The van der Waals surface area contributed by atoms with E-state index >= 15 is 0 Å². The lowest BCUT2D eigenvalue weighted by molar-refractivity contribution is 1.18. The summed E-state index contributed by atoms with van der Waals surface area (Å²) in [6.07, 6.45) is 0. The van der Waals surface area contributed by atoms with Crippen LogP contribution in [0.4, 0.5) is 0 Å². The Bertz CT molecular complexity index is 3130. The van der Waals surface area contributed by atoms with Gasteiger partial charge in [0.1, 0.15) is 0 Å². The van der Waals surface area contributed by atoms with E-state index in [-0.39, 0.29) is 0 Å². The third kappa shape index (κ3) is 4.16. The van der Waals surface area contributed by atoms with E-state index in [1.165, 1.54) is 97.4 Å². The van der Waals surface area contributed by atoms with Gasteiger partial charge in [-0.05, 0) is 59.2 Å². The largest absolute Gasteiger partial charge is 0.309 e. The van der Waals surface area contributed by atoms with E-state index in [1.54, 1.807) is 0 Å². The van der Waals surface area contributed by atoms with Gasteiger partial charge in [-0.15, -0.1) is 11.3 Å². The first-order valence-corrected chi connectivity index (χ1v) is 18.3. The van der Waals surface area contributed by atoms with Crippen molar-refractivity contribution < 1.29 is 0 Å². The van der Waals surface area contributed by atoms with Gasteiger partial charge in [-0.2, -0.15) is 0 Å². The second-order valence-electron chi connectivity index (χ2n) is 13.3. The maximum atomic E-state index is 2.47. The van der Waals surface area contributed by atoms with Gasteiger partial charge in [-0.25, -0.2) is 0 Å². The van der Waals surface area contributed by atoms with E-state index in [4.69, 9.17) is 0 Å². The fourth-order valence-corrected chi connectivity index (χ4v) is 9.71. The molecule has 8 aromatic carbocycles. The number of hydrogen-bond acceptors (Lipinski definition) is 1. The summed E-state index contributed by atoms with van der Waals surface area (Å²) in [5.74, 6) is 0. The molecule has 0 radical (unpaired) electrons. The van der Waals surface area contributed by atoms with Crippen LogP contribution in [-0.4, -0.2) is 9.13 Å². The predicted molar refractivity (Wildman–Crippen MR) is 219 cm³/mol. The molecule has 0 unspecified atom stereocenters. The van der Waals surface area contributed by atoms with Crippen LogP contribution < -0.4 is 0 Å². The van der Waals surface area contributed by atoms with Gasteiger partial charge in [0.15, 0.2) is 0 Å². The molecule has 0 spiro atoms. The minimum Gasteiger partial charge on any atom is -0.309 e. The molecule has 11 rings (SSSR count). The van der Waals surface area contributed by atoms with Crippen LogP contribution in [0, 0.1) is 0 Å². The minimum atomic E-state index is 1.17. The van der Waals surface area contributed by atoms with Gasteiger partial charge >= 0.3 is 0 Å². The molecule has 3 heteroatoms. The number of fused-ring (bicyclic) bond motifs is 10. The smallest absolute Gasteiger partial charge is 0.0556 e. The van der Waals surface area contributed by atoms with Gasteiger partial charge in [0, 0.05) is 53.0 Å². The summed E-state index contributed by atoms with van der Waals surface area (Å²) in [7, 11) is 0. The summed E-state index contributed by atoms with van der Waals surface area (Å²) < 4.78 is 7.53. The van der Waals surface area contributed by atoms with Crippen molar-refractivity contribution in [2.24, 2.45) is 0 Å². The zero-order valence-corrected chi connectivity index (χ0v) is 28.4. The van der Waals surface area contributed by atoms with E-state index in [1.807, 2.05) is 11.3 Å². The Hall–Kier alpha value is -6.42. The Morgan fingerprint density at radius 2 is 0.941 bits per heavy atom. The molecular weight excluding hydrogens is 637 g/mol. The molecule has 3 heterocycles. The fraction of sp³-hybridized carbons (Fsp3) is 0. The van der Waals surface area contributed by atoms with Gasteiger partial charge in [0.05, 0.1) is 27.8 Å². The quantitative estimate of drug-likeness (QED) is 0.177. The first-order valence-electron chi connectivity index (χ1n) is 17.4. The van der Waals surface area contributed by atoms with Crippen molar-refractivity contribution in [1.82, 2.24) is 9.13 Å². The van der Waals surface area contributed by atoms with Crippen LogP contribution in [0.3, 0.4) is 0 Å². The summed E-state index contributed by atoms with van der Waals surface area (Å²) in [6, 6.07) is 66.4. The standard InChI is InChI=1S/C48H30N2S/c1-3-14-31(15-4-1)34-18-7-10-23-41(34)50-43-25-12-9-20-40(43)46-44(50)29-28-39-38-22-13-21-35(47(38)51-48(39)46)32-26-27-37-36-19-8-11-24-42(36)49(45(37)30-32)33-16-5-2-6-17-33/h1-30H. The normalized spacial score (nSPS) is 11.9. The van der Waals surface area contributed by atoms with Gasteiger partial charge in [0.2, 0.25) is 0 Å². The van der Waals surface area contributed by atoms with Crippen LogP contribution in [-0.2, 0) is 0 Å². The molecule has 0 fully saturated rings. The summed E-state index contributed by atoms with van der Waals surface area (Å²) in [6.45, 7) is 0. The molecule has 0 atom stereocenters. The molecule has 238 valence electrons. The second kappa shape index (κ2) is 11.0. The van der Waals surface area contributed by atoms with Crippen LogP contribution in [0.1, 0.15) is 0 Å².